The molecule has 0 bridgehead atoms. The smallest absolute Gasteiger partial charge is 0.194 e. The van der Waals surface area contributed by atoms with Crippen molar-refractivity contribution in [1.29, 1.82) is 0 Å². The molecule has 0 amide bonds. The molecule has 280 valence electrons. The van der Waals surface area contributed by atoms with Crippen molar-refractivity contribution in [3.8, 4) is 45.3 Å². The van der Waals surface area contributed by atoms with Crippen molar-refractivity contribution in [1.82, 2.24) is 9.80 Å². The number of carbonyl (C=O) groups is 2. The van der Waals surface area contributed by atoms with Gasteiger partial charge in [-0.1, -0.05) is 63.6 Å². The zero-order valence-electron chi connectivity index (χ0n) is 31.6. The normalized spacial score (nSPS) is 14.2. The third kappa shape index (κ3) is 8.59. The summed E-state index contributed by atoms with van der Waals surface area (Å²) in [6, 6.07) is 22.8. The first-order valence-electron chi connectivity index (χ1n) is 19.1. The SMILES string of the molecule is CCCCOc1ccc2c(c1)C(=O)c1cccc(OCCCN3CCOCC3)c1-2.CCN(CC)CCOc1cccc2c1-c1c(OC)cccc1C2=O. The lowest BCUT2D eigenvalue weighted by Gasteiger charge is -2.26. The maximum Gasteiger partial charge on any atom is 0.194 e. The van der Waals surface area contributed by atoms with Gasteiger partial charge in [0.1, 0.15) is 29.6 Å². The Morgan fingerprint density at radius 3 is 1.89 bits per heavy atom. The molecule has 0 radical (unpaired) electrons. The molecule has 0 N–H and O–H groups in total. The van der Waals surface area contributed by atoms with Gasteiger partial charge in [0.05, 0.1) is 33.5 Å². The average Bonchev–Trinajstić information content (AvgIpc) is 3.66. The number of carbonyl (C=O) groups excluding carboxylic acids is 2. The molecule has 0 aromatic heterocycles. The molecule has 2 aliphatic carbocycles. The predicted molar refractivity (Wildman–Crippen MR) is 208 cm³/mol. The Morgan fingerprint density at radius 2 is 1.23 bits per heavy atom. The van der Waals surface area contributed by atoms with Gasteiger partial charge < -0.3 is 28.6 Å². The third-order valence-corrected chi connectivity index (χ3v) is 10.1. The fourth-order valence-corrected chi connectivity index (χ4v) is 7.13. The van der Waals surface area contributed by atoms with E-state index < -0.39 is 0 Å². The maximum absolute atomic E-state index is 12.9. The summed E-state index contributed by atoms with van der Waals surface area (Å²) in [5.41, 5.74) is 6.36. The summed E-state index contributed by atoms with van der Waals surface area (Å²) in [4.78, 5) is 30.3. The van der Waals surface area contributed by atoms with Crippen molar-refractivity contribution in [2.75, 3.05) is 79.4 Å². The number of likely N-dealkylation sites (N-methyl/N-ethyl adjacent to an activating group) is 1. The quantitative estimate of drug-likeness (QED) is 0.0930. The van der Waals surface area contributed by atoms with Gasteiger partial charge in [-0.15, -0.1) is 0 Å². The van der Waals surface area contributed by atoms with E-state index in [0.717, 1.165) is 117 Å². The minimum Gasteiger partial charge on any atom is -0.496 e. The standard InChI is InChI=1S/C24H29NO4.C20H23NO3/c1-2-3-13-28-18-8-9-19-21(17-18)24(26)20-6-4-7-22(23(19)20)29-14-5-10-25-11-15-27-16-12-25;1-4-21(5-2)12-13-24-17-11-7-9-15-19(17)18-14(20(15)22)8-6-10-16(18)23-3/h4,6-9,17H,2-3,5,10-16H2,1H3;6-11H,4-5,12-13H2,1-3H3. The maximum atomic E-state index is 12.9. The van der Waals surface area contributed by atoms with E-state index in [1.807, 2.05) is 72.8 Å². The van der Waals surface area contributed by atoms with Gasteiger partial charge in [0, 0.05) is 65.1 Å². The van der Waals surface area contributed by atoms with Gasteiger partial charge in [-0.2, -0.15) is 0 Å². The molecule has 1 aliphatic heterocycles. The van der Waals surface area contributed by atoms with Crippen molar-refractivity contribution >= 4 is 11.6 Å². The van der Waals surface area contributed by atoms with Crippen molar-refractivity contribution in [2.45, 2.75) is 40.0 Å². The summed E-state index contributed by atoms with van der Waals surface area (Å²) in [7, 11) is 1.63. The van der Waals surface area contributed by atoms with E-state index in [-0.39, 0.29) is 11.6 Å². The fourth-order valence-electron chi connectivity index (χ4n) is 7.13. The minimum absolute atomic E-state index is 0.0353. The van der Waals surface area contributed by atoms with Gasteiger partial charge in [-0.05, 0) is 67.9 Å². The van der Waals surface area contributed by atoms with Crippen molar-refractivity contribution < 1.29 is 33.3 Å². The summed E-state index contributed by atoms with van der Waals surface area (Å²) in [5.74, 6) is 3.08. The first-order valence-corrected chi connectivity index (χ1v) is 19.1. The number of hydrogen-bond acceptors (Lipinski definition) is 9. The van der Waals surface area contributed by atoms with E-state index in [4.69, 9.17) is 23.7 Å². The summed E-state index contributed by atoms with van der Waals surface area (Å²) in [5, 5.41) is 0. The minimum atomic E-state index is 0.0353. The van der Waals surface area contributed by atoms with E-state index in [1.165, 1.54) is 0 Å². The van der Waals surface area contributed by atoms with Crippen LogP contribution in [-0.4, -0.2) is 101 Å². The molecular weight excluding hydrogens is 668 g/mol. The number of ketones is 2. The van der Waals surface area contributed by atoms with Crippen molar-refractivity contribution in [2.24, 2.45) is 0 Å². The van der Waals surface area contributed by atoms with Crippen LogP contribution in [0, 0.1) is 0 Å². The lowest BCUT2D eigenvalue weighted by atomic mass is 10.0. The lowest BCUT2D eigenvalue weighted by molar-refractivity contribution is 0.0358. The second-order valence-electron chi connectivity index (χ2n) is 13.3. The van der Waals surface area contributed by atoms with Crippen molar-refractivity contribution in [3.63, 3.8) is 0 Å². The molecule has 1 fully saturated rings. The van der Waals surface area contributed by atoms with Crippen LogP contribution in [0.3, 0.4) is 0 Å². The van der Waals surface area contributed by atoms with Crippen LogP contribution >= 0.6 is 0 Å². The number of hydrogen-bond donors (Lipinski definition) is 0. The van der Waals surface area contributed by atoms with Crippen molar-refractivity contribution in [3.05, 3.63) is 95.1 Å². The van der Waals surface area contributed by atoms with Gasteiger partial charge >= 0.3 is 0 Å². The molecule has 0 unspecified atom stereocenters. The topological polar surface area (TPSA) is 86.8 Å². The van der Waals surface area contributed by atoms with Crippen LogP contribution in [0.5, 0.6) is 23.0 Å². The second kappa shape index (κ2) is 18.4. The lowest BCUT2D eigenvalue weighted by Crippen LogP contribution is -2.37. The van der Waals surface area contributed by atoms with Gasteiger partial charge in [0.25, 0.3) is 0 Å². The van der Waals surface area contributed by atoms with E-state index in [1.54, 1.807) is 7.11 Å². The van der Waals surface area contributed by atoms with E-state index >= 15 is 0 Å². The number of rotatable bonds is 16. The second-order valence-corrected chi connectivity index (χ2v) is 13.3. The highest BCUT2D eigenvalue weighted by atomic mass is 16.5. The average molecular weight is 721 g/mol. The van der Waals surface area contributed by atoms with Crippen LogP contribution in [0.2, 0.25) is 0 Å². The Labute approximate surface area is 313 Å². The number of ether oxygens (including phenoxy) is 5. The first kappa shape index (κ1) is 38.0. The van der Waals surface area contributed by atoms with Crippen LogP contribution in [0.25, 0.3) is 22.3 Å². The van der Waals surface area contributed by atoms with Gasteiger partial charge in [0.2, 0.25) is 0 Å². The summed E-state index contributed by atoms with van der Waals surface area (Å²) in [6.45, 7) is 15.8. The molecule has 4 aromatic rings. The number of nitrogens with zero attached hydrogens (tertiary/aromatic N) is 2. The Balaban J connectivity index is 0.000000185. The number of morpholine rings is 1. The third-order valence-electron chi connectivity index (χ3n) is 10.1. The Morgan fingerprint density at radius 1 is 0.642 bits per heavy atom. The Bertz CT molecular complexity index is 1880. The number of benzene rings is 4. The highest BCUT2D eigenvalue weighted by Crippen LogP contribution is 2.47. The Hall–Kier alpha value is -4.70. The Kier molecular flexibility index (Phi) is 13.2. The molecule has 0 spiro atoms. The van der Waals surface area contributed by atoms with Gasteiger partial charge in [-0.25, -0.2) is 0 Å². The predicted octanol–water partition coefficient (Wildman–Crippen LogP) is 7.81. The van der Waals surface area contributed by atoms with E-state index in [2.05, 4.69) is 30.6 Å². The van der Waals surface area contributed by atoms with Crippen LogP contribution < -0.4 is 18.9 Å². The van der Waals surface area contributed by atoms with Crippen LogP contribution in [0.4, 0.5) is 0 Å². The first-order chi connectivity index (χ1) is 26.0. The van der Waals surface area contributed by atoms with Gasteiger partial charge in [-0.3, -0.25) is 14.5 Å². The summed E-state index contributed by atoms with van der Waals surface area (Å²) in [6.07, 6.45) is 3.05. The van der Waals surface area contributed by atoms with Crippen LogP contribution in [0.15, 0.2) is 72.8 Å². The van der Waals surface area contributed by atoms with E-state index in [0.29, 0.717) is 42.3 Å². The fraction of sp³-hybridized carbons (Fsp3) is 0.409. The molecule has 1 heterocycles. The molecule has 53 heavy (non-hydrogen) atoms. The number of fused-ring (bicyclic) bond motifs is 6. The largest absolute Gasteiger partial charge is 0.496 e. The van der Waals surface area contributed by atoms with E-state index in [9.17, 15) is 9.59 Å². The van der Waals surface area contributed by atoms with Crippen LogP contribution in [0.1, 0.15) is 71.9 Å². The number of unbranched alkanes of at least 4 members (excludes halogenated alkanes) is 1. The summed E-state index contributed by atoms with van der Waals surface area (Å²) >= 11 is 0. The zero-order chi connectivity index (χ0) is 37.2. The van der Waals surface area contributed by atoms with Gasteiger partial charge in [0.15, 0.2) is 11.6 Å². The number of methoxy groups -OCH3 is 1. The summed E-state index contributed by atoms with van der Waals surface area (Å²) < 4.78 is 28.8. The molecule has 9 nitrogen and oxygen atoms in total. The highest BCUT2D eigenvalue weighted by Gasteiger charge is 2.32. The molecular formula is C44H52N2O7. The highest BCUT2D eigenvalue weighted by molar-refractivity contribution is 6.24. The molecule has 9 heteroatoms. The molecule has 1 saturated heterocycles. The zero-order valence-corrected chi connectivity index (χ0v) is 31.6. The van der Waals surface area contributed by atoms with Crippen LogP contribution in [-0.2, 0) is 4.74 Å². The molecule has 7 rings (SSSR count). The molecule has 4 aromatic carbocycles. The molecule has 0 saturated carbocycles. The molecule has 0 atom stereocenters. The molecule has 3 aliphatic rings. The monoisotopic (exact) mass is 720 g/mol.